The van der Waals surface area contributed by atoms with Crippen LogP contribution in [0.2, 0.25) is 0 Å². The van der Waals surface area contributed by atoms with Gasteiger partial charge in [0.25, 0.3) is 0 Å². The van der Waals surface area contributed by atoms with Gasteiger partial charge in [-0.25, -0.2) is 0 Å². The van der Waals surface area contributed by atoms with Gasteiger partial charge in [-0.2, -0.15) is 4.98 Å². The Labute approximate surface area is 138 Å². The molecule has 0 spiro atoms. The summed E-state index contributed by atoms with van der Waals surface area (Å²) >= 11 is 1.66. The fraction of sp³-hybridized carbons (Fsp3) is 0.562. The van der Waals surface area contributed by atoms with E-state index in [9.17, 15) is 4.79 Å². The molecule has 0 aromatic carbocycles. The smallest absolute Gasteiger partial charge is 0.234 e. The molecule has 1 aliphatic carbocycles. The number of nitrogens with one attached hydrogen (secondary N) is 1. The van der Waals surface area contributed by atoms with E-state index in [0.29, 0.717) is 19.0 Å². The number of nitrogens with zero attached hydrogens (tertiary/aromatic N) is 3. The van der Waals surface area contributed by atoms with Crippen molar-refractivity contribution in [2.24, 2.45) is 0 Å². The summed E-state index contributed by atoms with van der Waals surface area (Å²) < 4.78 is 5.36. The molecule has 2 aromatic rings. The molecule has 2 aromatic heterocycles. The van der Waals surface area contributed by atoms with Crippen molar-refractivity contribution in [2.75, 3.05) is 13.1 Å². The van der Waals surface area contributed by atoms with Crippen LogP contribution in [0.5, 0.6) is 0 Å². The molecule has 0 radical (unpaired) electrons. The first kappa shape index (κ1) is 14.8. The summed E-state index contributed by atoms with van der Waals surface area (Å²) in [4.78, 5) is 20.1. The first-order chi connectivity index (χ1) is 11.3. The summed E-state index contributed by atoms with van der Waals surface area (Å²) in [6.45, 7) is 1.90. The van der Waals surface area contributed by atoms with Gasteiger partial charge in [0, 0.05) is 10.8 Å². The zero-order valence-electron chi connectivity index (χ0n) is 12.9. The standard InChI is InChI=1S/C16H20N4O2S/c21-14(17-9-12-3-2-8-23-12)10-20-7-1-4-13(20)15-18-16(22-19-15)11-5-6-11/h2-3,8,11,13H,1,4-7,9-10H2,(H,17,21)/t13-/m1/s1. The molecule has 0 unspecified atom stereocenters. The van der Waals surface area contributed by atoms with E-state index in [-0.39, 0.29) is 11.9 Å². The van der Waals surface area contributed by atoms with Crippen molar-refractivity contribution in [3.63, 3.8) is 0 Å². The molecule has 6 nitrogen and oxygen atoms in total. The van der Waals surface area contributed by atoms with Crippen LogP contribution < -0.4 is 5.32 Å². The van der Waals surface area contributed by atoms with Crippen LogP contribution >= 0.6 is 11.3 Å². The Hall–Kier alpha value is -1.73. The monoisotopic (exact) mass is 332 g/mol. The Morgan fingerprint density at radius 3 is 3.13 bits per heavy atom. The van der Waals surface area contributed by atoms with E-state index in [2.05, 4.69) is 20.4 Å². The van der Waals surface area contributed by atoms with Crippen molar-refractivity contribution in [1.29, 1.82) is 0 Å². The highest BCUT2D eigenvalue weighted by atomic mass is 32.1. The van der Waals surface area contributed by atoms with Crippen molar-refractivity contribution in [3.8, 4) is 0 Å². The van der Waals surface area contributed by atoms with Crippen LogP contribution in [0.4, 0.5) is 0 Å². The van der Waals surface area contributed by atoms with E-state index in [1.54, 1.807) is 11.3 Å². The van der Waals surface area contributed by atoms with Crippen molar-refractivity contribution < 1.29 is 9.32 Å². The van der Waals surface area contributed by atoms with E-state index >= 15 is 0 Å². The van der Waals surface area contributed by atoms with Crippen LogP contribution in [0, 0.1) is 0 Å². The number of carbonyl (C=O) groups is 1. The zero-order chi connectivity index (χ0) is 15.6. The predicted molar refractivity (Wildman–Crippen MR) is 86.0 cm³/mol. The summed E-state index contributed by atoms with van der Waals surface area (Å²) in [5.74, 6) is 2.04. The van der Waals surface area contributed by atoms with Gasteiger partial charge in [0.05, 0.1) is 19.1 Å². The average molecular weight is 332 g/mol. The van der Waals surface area contributed by atoms with Crippen LogP contribution in [0.15, 0.2) is 22.0 Å². The minimum absolute atomic E-state index is 0.0520. The van der Waals surface area contributed by atoms with E-state index in [1.165, 1.54) is 4.88 Å². The summed E-state index contributed by atoms with van der Waals surface area (Å²) in [5, 5.41) is 9.15. The molecule has 0 bridgehead atoms. The van der Waals surface area contributed by atoms with Gasteiger partial charge in [-0.1, -0.05) is 11.2 Å². The summed E-state index contributed by atoms with van der Waals surface area (Å²) in [5.41, 5.74) is 0. The zero-order valence-corrected chi connectivity index (χ0v) is 13.7. The number of hydrogen-bond acceptors (Lipinski definition) is 6. The maximum Gasteiger partial charge on any atom is 0.234 e. The first-order valence-electron chi connectivity index (χ1n) is 8.16. The molecule has 3 heterocycles. The van der Waals surface area contributed by atoms with Crippen molar-refractivity contribution in [2.45, 2.75) is 44.2 Å². The van der Waals surface area contributed by atoms with Gasteiger partial charge in [-0.3, -0.25) is 9.69 Å². The van der Waals surface area contributed by atoms with Crippen LogP contribution in [0.3, 0.4) is 0 Å². The molecule has 1 atom stereocenters. The molecular formula is C16H20N4O2S. The molecule has 1 N–H and O–H groups in total. The van der Waals surface area contributed by atoms with Gasteiger partial charge in [0.1, 0.15) is 0 Å². The van der Waals surface area contributed by atoms with Crippen LogP contribution in [-0.2, 0) is 11.3 Å². The van der Waals surface area contributed by atoms with Crippen LogP contribution in [-0.4, -0.2) is 34.0 Å². The lowest BCUT2D eigenvalue weighted by Crippen LogP contribution is -2.36. The number of carbonyl (C=O) groups excluding carboxylic acids is 1. The van der Waals surface area contributed by atoms with E-state index < -0.39 is 0 Å². The molecule has 1 amide bonds. The van der Waals surface area contributed by atoms with E-state index in [0.717, 1.165) is 43.9 Å². The fourth-order valence-electron chi connectivity index (χ4n) is 3.03. The second-order valence-corrected chi connectivity index (χ2v) is 7.28. The van der Waals surface area contributed by atoms with Crippen molar-refractivity contribution in [1.82, 2.24) is 20.4 Å². The van der Waals surface area contributed by atoms with Gasteiger partial charge in [0.2, 0.25) is 11.8 Å². The number of hydrogen-bond donors (Lipinski definition) is 1. The molecule has 23 heavy (non-hydrogen) atoms. The van der Waals surface area contributed by atoms with Gasteiger partial charge < -0.3 is 9.84 Å². The average Bonchev–Trinajstić information content (AvgIpc) is 2.99. The number of amides is 1. The second kappa shape index (κ2) is 6.41. The van der Waals surface area contributed by atoms with E-state index in [1.807, 2.05) is 17.5 Å². The molecule has 1 aliphatic heterocycles. The van der Waals surface area contributed by atoms with Crippen molar-refractivity contribution >= 4 is 17.2 Å². The SMILES string of the molecule is O=C(CN1CCC[C@@H]1c1noc(C2CC2)n1)NCc1cccs1. The lowest BCUT2D eigenvalue weighted by molar-refractivity contribution is -0.122. The Morgan fingerprint density at radius 2 is 2.35 bits per heavy atom. The number of rotatable bonds is 6. The minimum atomic E-state index is 0.0520. The van der Waals surface area contributed by atoms with Crippen LogP contribution in [0.1, 0.15) is 54.2 Å². The minimum Gasteiger partial charge on any atom is -0.350 e. The highest BCUT2D eigenvalue weighted by molar-refractivity contribution is 7.09. The van der Waals surface area contributed by atoms with E-state index in [4.69, 9.17) is 4.52 Å². The quantitative estimate of drug-likeness (QED) is 0.880. The lowest BCUT2D eigenvalue weighted by Gasteiger charge is -2.20. The van der Waals surface area contributed by atoms with Gasteiger partial charge in [-0.05, 0) is 43.7 Å². The Balaban J connectivity index is 1.34. The molecule has 122 valence electrons. The molecular weight excluding hydrogens is 312 g/mol. The number of aromatic nitrogens is 2. The third kappa shape index (κ3) is 3.45. The highest BCUT2D eigenvalue weighted by Crippen LogP contribution is 2.40. The molecule has 7 heteroatoms. The van der Waals surface area contributed by atoms with Gasteiger partial charge >= 0.3 is 0 Å². The van der Waals surface area contributed by atoms with Gasteiger partial charge in [0.15, 0.2) is 5.82 Å². The molecule has 2 fully saturated rings. The Bertz CT molecular complexity index is 665. The lowest BCUT2D eigenvalue weighted by atomic mass is 10.2. The Morgan fingerprint density at radius 1 is 1.43 bits per heavy atom. The van der Waals surface area contributed by atoms with Crippen LogP contribution in [0.25, 0.3) is 0 Å². The fourth-order valence-corrected chi connectivity index (χ4v) is 3.67. The predicted octanol–water partition coefficient (Wildman–Crippen LogP) is 2.46. The Kier molecular flexibility index (Phi) is 4.13. The maximum atomic E-state index is 12.2. The topological polar surface area (TPSA) is 71.3 Å². The van der Waals surface area contributed by atoms with Crippen molar-refractivity contribution in [3.05, 3.63) is 34.1 Å². The molecule has 2 aliphatic rings. The third-order valence-corrected chi connectivity index (χ3v) is 5.31. The van der Waals surface area contributed by atoms with Gasteiger partial charge in [-0.15, -0.1) is 11.3 Å². The number of thiophene rings is 1. The number of likely N-dealkylation sites (tertiary alicyclic amines) is 1. The highest BCUT2D eigenvalue weighted by Gasteiger charge is 2.34. The molecule has 4 rings (SSSR count). The summed E-state index contributed by atoms with van der Waals surface area (Å²) in [6.07, 6.45) is 4.36. The third-order valence-electron chi connectivity index (χ3n) is 4.43. The summed E-state index contributed by atoms with van der Waals surface area (Å²) in [6, 6.07) is 4.14. The molecule has 1 saturated heterocycles. The second-order valence-electron chi connectivity index (χ2n) is 6.25. The first-order valence-corrected chi connectivity index (χ1v) is 9.04. The normalized spacial score (nSPS) is 21.7. The largest absolute Gasteiger partial charge is 0.350 e. The summed E-state index contributed by atoms with van der Waals surface area (Å²) in [7, 11) is 0. The maximum absolute atomic E-state index is 12.2. The molecule has 1 saturated carbocycles.